The van der Waals surface area contributed by atoms with Crippen LogP contribution < -0.4 is 10.1 Å². The van der Waals surface area contributed by atoms with Gasteiger partial charge in [0.1, 0.15) is 5.75 Å². The van der Waals surface area contributed by atoms with E-state index in [4.69, 9.17) is 21.7 Å². The fourth-order valence-electron chi connectivity index (χ4n) is 4.22. The second-order valence-corrected chi connectivity index (χ2v) is 7.99. The van der Waals surface area contributed by atoms with Crippen molar-refractivity contribution in [1.29, 1.82) is 0 Å². The number of benzene rings is 1. The molecule has 2 atom stereocenters. The molecular formula is C24H28N4O2S. The Balaban J connectivity index is 1.78. The molecule has 3 heterocycles. The highest BCUT2D eigenvalue weighted by Crippen LogP contribution is 2.40. The van der Waals surface area contributed by atoms with Crippen LogP contribution in [0.15, 0.2) is 60.8 Å². The first kappa shape index (κ1) is 21.3. The van der Waals surface area contributed by atoms with Gasteiger partial charge in [0.25, 0.3) is 0 Å². The van der Waals surface area contributed by atoms with Crippen molar-refractivity contribution < 1.29 is 9.47 Å². The molecule has 7 heteroatoms. The highest BCUT2D eigenvalue weighted by atomic mass is 32.1. The summed E-state index contributed by atoms with van der Waals surface area (Å²) in [6.07, 6.45) is 2.73. The van der Waals surface area contributed by atoms with Gasteiger partial charge in [-0.05, 0) is 74.1 Å². The van der Waals surface area contributed by atoms with E-state index in [1.54, 1.807) is 14.2 Å². The molecule has 162 valence electrons. The maximum Gasteiger partial charge on any atom is 0.170 e. The normalized spacial score (nSPS) is 18.3. The highest BCUT2D eigenvalue weighted by Gasteiger charge is 2.41. The summed E-state index contributed by atoms with van der Waals surface area (Å²) in [5.41, 5.74) is 4.40. The van der Waals surface area contributed by atoms with E-state index in [0.29, 0.717) is 6.61 Å². The quantitative estimate of drug-likeness (QED) is 0.422. The van der Waals surface area contributed by atoms with Crippen LogP contribution in [0.5, 0.6) is 5.75 Å². The zero-order valence-electron chi connectivity index (χ0n) is 18.1. The third kappa shape index (κ3) is 4.29. The van der Waals surface area contributed by atoms with Crippen molar-refractivity contribution in [2.45, 2.75) is 25.4 Å². The number of pyridine rings is 1. The largest absolute Gasteiger partial charge is 0.497 e. The molecule has 2 aromatic heterocycles. The third-order valence-electron chi connectivity index (χ3n) is 5.69. The van der Waals surface area contributed by atoms with Gasteiger partial charge < -0.3 is 24.3 Å². The Morgan fingerprint density at radius 1 is 1.06 bits per heavy atom. The molecule has 0 bridgehead atoms. The van der Waals surface area contributed by atoms with Gasteiger partial charge in [0.15, 0.2) is 5.11 Å². The van der Waals surface area contributed by atoms with Gasteiger partial charge in [-0.2, -0.15) is 0 Å². The van der Waals surface area contributed by atoms with E-state index < -0.39 is 0 Å². The number of aromatic nitrogens is 2. The number of hydrogen-bond acceptors (Lipinski definition) is 4. The molecule has 0 saturated carbocycles. The van der Waals surface area contributed by atoms with Gasteiger partial charge in [-0.25, -0.2) is 0 Å². The van der Waals surface area contributed by atoms with Crippen molar-refractivity contribution in [3.8, 4) is 11.4 Å². The number of thiocarbonyl (C=S) groups is 1. The van der Waals surface area contributed by atoms with Crippen LogP contribution in [0, 0.1) is 6.92 Å². The summed E-state index contributed by atoms with van der Waals surface area (Å²) >= 11 is 5.76. The van der Waals surface area contributed by atoms with E-state index >= 15 is 0 Å². The average Bonchev–Trinajstić information content (AvgIpc) is 3.34. The summed E-state index contributed by atoms with van der Waals surface area (Å²) in [7, 11) is 3.41. The first-order chi connectivity index (χ1) is 15.1. The van der Waals surface area contributed by atoms with Crippen molar-refractivity contribution in [2.75, 3.05) is 27.4 Å². The Labute approximate surface area is 188 Å². The monoisotopic (exact) mass is 436 g/mol. The Morgan fingerprint density at radius 2 is 1.87 bits per heavy atom. The van der Waals surface area contributed by atoms with Crippen molar-refractivity contribution in [1.82, 2.24) is 19.8 Å². The van der Waals surface area contributed by atoms with Crippen LogP contribution in [0.25, 0.3) is 5.69 Å². The lowest BCUT2D eigenvalue weighted by molar-refractivity contribution is 0.180. The minimum atomic E-state index is -0.0393. The summed E-state index contributed by atoms with van der Waals surface area (Å²) in [5, 5.41) is 4.27. The van der Waals surface area contributed by atoms with Crippen molar-refractivity contribution in [3.05, 3.63) is 77.9 Å². The molecular weight excluding hydrogens is 408 g/mol. The summed E-state index contributed by atoms with van der Waals surface area (Å²) < 4.78 is 12.9. The molecule has 4 rings (SSSR count). The number of methoxy groups -OCH3 is 2. The van der Waals surface area contributed by atoms with Gasteiger partial charge in [0.05, 0.1) is 24.9 Å². The van der Waals surface area contributed by atoms with Crippen LogP contribution in [0.1, 0.15) is 35.6 Å². The van der Waals surface area contributed by atoms with Crippen LogP contribution in [0.4, 0.5) is 0 Å². The standard InChI is InChI=1S/C24H28N4O2S/c1-17-8-13-21(28(17)18-9-11-19(30-3)12-10-18)23-22(20-7-4-5-14-25-20)26-24(31)27(23)15-6-16-29-2/h4-5,7-14,22-23H,6,15-16H2,1-3H3,(H,26,31)/t22-,23-/m1/s1. The van der Waals surface area contributed by atoms with Crippen LogP contribution >= 0.6 is 12.2 Å². The zero-order chi connectivity index (χ0) is 21.8. The van der Waals surface area contributed by atoms with E-state index in [1.165, 1.54) is 5.69 Å². The fraction of sp³-hybridized carbons (Fsp3) is 0.333. The molecule has 0 radical (unpaired) electrons. The lowest BCUT2D eigenvalue weighted by Crippen LogP contribution is -2.32. The summed E-state index contributed by atoms with van der Waals surface area (Å²) in [6.45, 7) is 3.62. The molecule has 31 heavy (non-hydrogen) atoms. The van der Waals surface area contributed by atoms with Gasteiger partial charge >= 0.3 is 0 Å². The summed E-state index contributed by atoms with van der Waals surface area (Å²) in [4.78, 5) is 6.90. The molecule has 1 aromatic carbocycles. The molecule has 1 saturated heterocycles. The van der Waals surface area contributed by atoms with Crippen LogP contribution in [-0.4, -0.2) is 46.9 Å². The average molecular weight is 437 g/mol. The SMILES string of the molecule is COCCCN1C(=S)N[C@H](c2ccccn2)[C@H]1c1ccc(C)n1-c1ccc(OC)cc1. The number of rotatable bonds is 8. The molecule has 3 aromatic rings. The topological polar surface area (TPSA) is 51.5 Å². The Kier molecular flexibility index (Phi) is 6.53. The number of nitrogens with one attached hydrogen (secondary N) is 1. The van der Waals surface area contributed by atoms with Gasteiger partial charge in [0.2, 0.25) is 0 Å². The summed E-state index contributed by atoms with van der Waals surface area (Å²) in [6, 6.07) is 18.5. The van der Waals surface area contributed by atoms with Crippen LogP contribution in [0.3, 0.4) is 0 Å². The van der Waals surface area contributed by atoms with Crippen molar-refractivity contribution >= 4 is 17.3 Å². The molecule has 0 unspecified atom stereocenters. The van der Waals surface area contributed by atoms with E-state index in [1.807, 2.05) is 30.5 Å². The molecule has 1 aliphatic heterocycles. The lowest BCUT2D eigenvalue weighted by atomic mass is 10.0. The molecule has 0 amide bonds. The molecule has 1 fully saturated rings. The minimum absolute atomic E-state index is 0.00931. The first-order valence-corrected chi connectivity index (χ1v) is 10.8. The number of hydrogen-bond donors (Lipinski definition) is 1. The van der Waals surface area contributed by atoms with Crippen molar-refractivity contribution in [3.63, 3.8) is 0 Å². The fourth-order valence-corrected chi connectivity index (χ4v) is 4.55. The Bertz CT molecular complexity index is 1020. The Morgan fingerprint density at radius 3 is 2.55 bits per heavy atom. The second-order valence-electron chi connectivity index (χ2n) is 7.60. The van der Waals surface area contributed by atoms with Crippen molar-refractivity contribution in [2.24, 2.45) is 0 Å². The predicted octanol–water partition coefficient (Wildman–Crippen LogP) is 4.20. The maximum atomic E-state index is 5.76. The lowest BCUT2D eigenvalue weighted by Gasteiger charge is -2.29. The molecule has 0 aliphatic carbocycles. The third-order valence-corrected chi connectivity index (χ3v) is 6.04. The van der Waals surface area contributed by atoms with Gasteiger partial charge in [-0.15, -0.1) is 0 Å². The predicted molar refractivity (Wildman–Crippen MR) is 126 cm³/mol. The zero-order valence-corrected chi connectivity index (χ0v) is 18.9. The Hall–Kier alpha value is -2.90. The number of nitrogens with zero attached hydrogens (tertiary/aromatic N) is 3. The first-order valence-electron chi connectivity index (χ1n) is 10.4. The van der Waals surface area contributed by atoms with Gasteiger partial charge in [-0.3, -0.25) is 4.98 Å². The van der Waals surface area contributed by atoms with E-state index in [-0.39, 0.29) is 12.1 Å². The van der Waals surface area contributed by atoms with E-state index in [9.17, 15) is 0 Å². The molecule has 1 aliphatic rings. The van der Waals surface area contributed by atoms with E-state index in [2.05, 4.69) is 57.0 Å². The smallest absolute Gasteiger partial charge is 0.170 e. The van der Waals surface area contributed by atoms with Gasteiger partial charge in [0, 0.05) is 43.5 Å². The summed E-state index contributed by atoms with van der Waals surface area (Å²) in [5.74, 6) is 0.839. The van der Waals surface area contributed by atoms with Crippen LogP contribution in [-0.2, 0) is 4.74 Å². The maximum absolute atomic E-state index is 5.76. The van der Waals surface area contributed by atoms with Gasteiger partial charge in [-0.1, -0.05) is 6.07 Å². The molecule has 1 N–H and O–H groups in total. The molecule has 6 nitrogen and oxygen atoms in total. The van der Waals surface area contributed by atoms with E-state index in [0.717, 1.165) is 40.9 Å². The van der Waals surface area contributed by atoms with Crippen LogP contribution in [0.2, 0.25) is 0 Å². The number of ether oxygens (including phenoxy) is 2. The minimum Gasteiger partial charge on any atom is -0.497 e. The number of aryl methyl sites for hydroxylation is 1. The molecule has 0 spiro atoms. The second kappa shape index (κ2) is 9.49. The highest BCUT2D eigenvalue weighted by molar-refractivity contribution is 7.80.